The van der Waals surface area contributed by atoms with Crippen molar-refractivity contribution >= 4 is 23.0 Å². The van der Waals surface area contributed by atoms with Crippen molar-refractivity contribution in [3.63, 3.8) is 0 Å². The second-order valence-corrected chi connectivity index (χ2v) is 5.56. The summed E-state index contributed by atoms with van der Waals surface area (Å²) in [4.78, 5) is 24.0. The molecule has 23 heavy (non-hydrogen) atoms. The molecule has 0 saturated carbocycles. The number of nitrogens with two attached hydrogens (primary N) is 2. The molecular weight excluding hydrogens is 292 g/mol. The van der Waals surface area contributed by atoms with E-state index in [-0.39, 0.29) is 5.91 Å². The number of benzene rings is 1. The lowest BCUT2D eigenvalue weighted by Crippen LogP contribution is -2.48. The van der Waals surface area contributed by atoms with Crippen LogP contribution in [0.4, 0.5) is 17.1 Å². The number of hydrogen-bond acceptors (Lipinski definition) is 6. The van der Waals surface area contributed by atoms with Gasteiger partial charge in [0.15, 0.2) is 5.82 Å². The van der Waals surface area contributed by atoms with Gasteiger partial charge in [-0.1, -0.05) is 0 Å². The summed E-state index contributed by atoms with van der Waals surface area (Å²) in [6.45, 7) is 4.53. The lowest BCUT2D eigenvalue weighted by Gasteiger charge is -2.36. The van der Waals surface area contributed by atoms with E-state index in [1.165, 1.54) is 0 Å². The standard InChI is InChI=1S/C16H20N6O/c1-11(23)21-5-7-22(8-6-21)12-9-13(15(18)14(17)10-12)16-19-3-2-4-20-16/h2-4,9-10H,5-8,17-18H2,1H3. The number of aromatic nitrogens is 2. The third-order valence-corrected chi connectivity index (χ3v) is 4.09. The Balaban J connectivity index is 1.90. The molecule has 1 amide bonds. The largest absolute Gasteiger partial charge is 0.397 e. The molecular formula is C16H20N6O. The first-order chi connectivity index (χ1) is 11.1. The zero-order valence-corrected chi connectivity index (χ0v) is 13.1. The minimum absolute atomic E-state index is 0.111. The van der Waals surface area contributed by atoms with Gasteiger partial charge in [0.2, 0.25) is 5.91 Å². The second-order valence-electron chi connectivity index (χ2n) is 5.56. The van der Waals surface area contributed by atoms with Gasteiger partial charge in [-0.3, -0.25) is 4.79 Å². The molecule has 0 aliphatic carbocycles. The molecule has 0 unspecified atom stereocenters. The molecule has 0 radical (unpaired) electrons. The van der Waals surface area contributed by atoms with E-state index in [4.69, 9.17) is 11.5 Å². The normalized spacial score (nSPS) is 14.8. The van der Waals surface area contributed by atoms with E-state index in [2.05, 4.69) is 14.9 Å². The van der Waals surface area contributed by atoms with Crippen molar-refractivity contribution in [3.05, 3.63) is 30.6 Å². The van der Waals surface area contributed by atoms with Gasteiger partial charge < -0.3 is 21.3 Å². The number of rotatable bonds is 2. The summed E-state index contributed by atoms with van der Waals surface area (Å²) in [7, 11) is 0. The van der Waals surface area contributed by atoms with E-state index in [1.54, 1.807) is 25.4 Å². The van der Waals surface area contributed by atoms with Crippen LogP contribution in [-0.4, -0.2) is 47.0 Å². The SMILES string of the molecule is CC(=O)N1CCN(c2cc(N)c(N)c(-c3ncccn3)c2)CC1. The molecule has 1 saturated heterocycles. The molecule has 3 rings (SSSR count). The Morgan fingerprint density at radius 2 is 1.74 bits per heavy atom. The molecule has 2 aromatic rings. The van der Waals surface area contributed by atoms with Crippen LogP contribution in [0.3, 0.4) is 0 Å². The number of piperazine rings is 1. The van der Waals surface area contributed by atoms with E-state index < -0.39 is 0 Å². The summed E-state index contributed by atoms with van der Waals surface area (Å²) in [5.41, 5.74) is 14.9. The Morgan fingerprint density at radius 3 is 2.35 bits per heavy atom. The monoisotopic (exact) mass is 312 g/mol. The van der Waals surface area contributed by atoms with Crippen molar-refractivity contribution < 1.29 is 4.79 Å². The fourth-order valence-corrected chi connectivity index (χ4v) is 2.75. The van der Waals surface area contributed by atoms with E-state index in [9.17, 15) is 4.79 Å². The smallest absolute Gasteiger partial charge is 0.219 e. The molecule has 0 atom stereocenters. The molecule has 0 bridgehead atoms. The Morgan fingerprint density at radius 1 is 1.09 bits per heavy atom. The van der Waals surface area contributed by atoms with Gasteiger partial charge in [-0.05, 0) is 18.2 Å². The van der Waals surface area contributed by atoms with Crippen LogP contribution in [0.5, 0.6) is 0 Å². The molecule has 2 heterocycles. The van der Waals surface area contributed by atoms with Crippen molar-refractivity contribution in [2.45, 2.75) is 6.92 Å². The van der Waals surface area contributed by atoms with Crippen LogP contribution >= 0.6 is 0 Å². The molecule has 1 aliphatic heterocycles. The molecule has 0 spiro atoms. The molecule has 7 nitrogen and oxygen atoms in total. The Hall–Kier alpha value is -2.83. The van der Waals surface area contributed by atoms with Gasteiger partial charge in [0, 0.05) is 56.7 Å². The molecule has 1 fully saturated rings. The highest BCUT2D eigenvalue weighted by molar-refractivity contribution is 5.85. The van der Waals surface area contributed by atoms with Crippen molar-refractivity contribution in [1.29, 1.82) is 0 Å². The van der Waals surface area contributed by atoms with Crippen LogP contribution in [0.1, 0.15) is 6.92 Å². The summed E-state index contributed by atoms with van der Waals surface area (Å²) in [6.07, 6.45) is 3.35. The van der Waals surface area contributed by atoms with Gasteiger partial charge in [-0.15, -0.1) is 0 Å². The van der Waals surface area contributed by atoms with E-state index in [0.29, 0.717) is 30.3 Å². The molecule has 120 valence electrons. The quantitative estimate of drug-likeness (QED) is 0.802. The third-order valence-electron chi connectivity index (χ3n) is 4.09. The number of amides is 1. The Kier molecular flexibility index (Phi) is 4.01. The van der Waals surface area contributed by atoms with Gasteiger partial charge >= 0.3 is 0 Å². The number of carbonyl (C=O) groups excluding carboxylic acids is 1. The van der Waals surface area contributed by atoms with Crippen molar-refractivity contribution in [1.82, 2.24) is 14.9 Å². The summed E-state index contributed by atoms with van der Waals surface area (Å²) in [5, 5.41) is 0. The molecule has 1 aromatic heterocycles. The zero-order chi connectivity index (χ0) is 16.4. The Labute approximate surface area is 134 Å². The van der Waals surface area contributed by atoms with Crippen LogP contribution in [-0.2, 0) is 4.79 Å². The highest BCUT2D eigenvalue weighted by Crippen LogP contribution is 2.33. The van der Waals surface area contributed by atoms with Crippen molar-refractivity contribution in [3.8, 4) is 11.4 Å². The average molecular weight is 312 g/mol. The van der Waals surface area contributed by atoms with E-state index in [1.807, 2.05) is 17.0 Å². The number of hydrogen-bond donors (Lipinski definition) is 2. The summed E-state index contributed by atoms with van der Waals surface area (Å²) in [5.74, 6) is 0.667. The van der Waals surface area contributed by atoms with Gasteiger partial charge in [0.05, 0.1) is 11.4 Å². The van der Waals surface area contributed by atoms with Gasteiger partial charge in [-0.2, -0.15) is 0 Å². The highest BCUT2D eigenvalue weighted by atomic mass is 16.2. The highest BCUT2D eigenvalue weighted by Gasteiger charge is 2.20. The van der Waals surface area contributed by atoms with Crippen LogP contribution in [0.15, 0.2) is 30.6 Å². The molecule has 7 heteroatoms. The van der Waals surface area contributed by atoms with Crippen LogP contribution in [0.2, 0.25) is 0 Å². The maximum Gasteiger partial charge on any atom is 0.219 e. The minimum Gasteiger partial charge on any atom is -0.397 e. The Bertz CT molecular complexity index is 710. The number of nitrogen functional groups attached to an aromatic ring is 2. The predicted octanol–water partition coefficient (Wildman–Crippen LogP) is 0.976. The third kappa shape index (κ3) is 3.03. The topological polar surface area (TPSA) is 101 Å². The fraction of sp³-hybridized carbons (Fsp3) is 0.312. The first-order valence-corrected chi connectivity index (χ1v) is 7.53. The predicted molar refractivity (Wildman–Crippen MR) is 90.8 cm³/mol. The maximum absolute atomic E-state index is 11.4. The molecule has 4 N–H and O–H groups in total. The van der Waals surface area contributed by atoms with E-state index >= 15 is 0 Å². The van der Waals surface area contributed by atoms with Gasteiger partial charge in [0.25, 0.3) is 0 Å². The first kappa shape index (κ1) is 15.1. The lowest BCUT2D eigenvalue weighted by molar-refractivity contribution is -0.129. The summed E-state index contributed by atoms with van der Waals surface area (Å²) in [6, 6.07) is 5.59. The maximum atomic E-state index is 11.4. The molecule has 1 aromatic carbocycles. The average Bonchev–Trinajstić information content (AvgIpc) is 2.58. The fourth-order valence-electron chi connectivity index (χ4n) is 2.75. The number of nitrogens with zero attached hydrogens (tertiary/aromatic N) is 4. The van der Waals surface area contributed by atoms with Crippen LogP contribution in [0, 0.1) is 0 Å². The first-order valence-electron chi connectivity index (χ1n) is 7.53. The van der Waals surface area contributed by atoms with Gasteiger partial charge in [-0.25, -0.2) is 9.97 Å². The number of carbonyl (C=O) groups is 1. The van der Waals surface area contributed by atoms with Crippen molar-refractivity contribution in [2.24, 2.45) is 0 Å². The minimum atomic E-state index is 0.111. The van der Waals surface area contributed by atoms with Crippen LogP contribution < -0.4 is 16.4 Å². The zero-order valence-electron chi connectivity index (χ0n) is 13.1. The lowest BCUT2D eigenvalue weighted by atomic mass is 10.1. The van der Waals surface area contributed by atoms with Crippen LogP contribution in [0.25, 0.3) is 11.4 Å². The van der Waals surface area contributed by atoms with Crippen molar-refractivity contribution in [2.75, 3.05) is 42.5 Å². The number of anilines is 3. The molecule has 1 aliphatic rings. The van der Waals surface area contributed by atoms with Gasteiger partial charge in [0.1, 0.15) is 0 Å². The summed E-state index contributed by atoms with van der Waals surface area (Å²) < 4.78 is 0. The van der Waals surface area contributed by atoms with E-state index in [0.717, 1.165) is 24.3 Å². The second kappa shape index (κ2) is 6.12. The summed E-state index contributed by atoms with van der Waals surface area (Å²) >= 11 is 0.